The minimum atomic E-state index is 0.244. The highest BCUT2D eigenvalue weighted by atomic mass is 32.1. The fourth-order valence-corrected chi connectivity index (χ4v) is 2.37. The van der Waals surface area contributed by atoms with Crippen LogP contribution < -0.4 is 10.6 Å². The number of thiol groups is 1. The van der Waals surface area contributed by atoms with Crippen molar-refractivity contribution in [2.24, 2.45) is 0 Å². The molecule has 58 valence electrons. The van der Waals surface area contributed by atoms with Crippen LogP contribution in [0, 0.1) is 0 Å². The van der Waals surface area contributed by atoms with Crippen molar-refractivity contribution < 1.29 is 0 Å². The minimum absolute atomic E-state index is 0.244. The van der Waals surface area contributed by atoms with Crippen molar-refractivity contribution in [3.05, 3.63) is 0 Å². The van der Waals surface area contributed by atoms with Crippen molar-refractivity contribution in [1.82, 2.24) is 10.6 Å². The largest absolute Gasteiger partial charge is 0.289 e. The fourth-order valence-electron chi connectivity index (χ4n) is 1.98. The molecule has 2 N–H and O–H groups in total. The number of hydrogen-bond donors (Lipinski definition) is 3. The first-order valence-corrected chi connectivity index (χ1v) is 4.58. The Morgan fingerprint density at radius 3 is 2.00 bits per heavy atom. The first kappa shape index (κ1) is 6.95. The summed E-state index contributed by atoms with van der Waals surface area (Å²) >= 11 is 4.32. The number of rotatable bonds is 0. The van der Waals surface area contributed by atoms with Crippen molar-refractivity contribution in [1.29, 1.82) is 0 Å². The Morgan fingerprint density at radius 1 is 1.00 bits per heavy atom. The monoisotopic (exact) mass is 158 g/mol. The molecule has 0 aromatic rings. The predicted octanol–water partition coefficient (Wildman–Crippen LogP) is 0.704. The van der Waals surface area contributed by atoms with Gasteiger partial charge in [0.25, 0.3) is 0 Å². The summed E-state index contributed by atoms with van der Waals surface area (Å²) in [7, 11) is 0. The molecule has 0 spiro atoms. The summed E-state index contributed by atoms with van der Waals surface area (Å²) in [5.41, 5.74) is 0.244. The van der Waals surface area contributed by atoms with Gasteiger partial charge in [0.2, 0.25) is 0 Å². The van der Waals surface area contributed by atoms with E-state index < -0.39 is 0 Å². The standard InChI is InChI=1S/C7H14N2S/c10-7-8-5-3-1-2-4-6(5)9-7/h5-10H,1-4H2. The molecule has 1 saturated carbocycles. The molecule has 2 unspecified atom stereocenters. The van der Waals surface area contributed by atoms with Gasteiger partial charge in [0.15, 0.2) is 0 Å². The van der Waals surface area contributed by atoms with E-state index in [1.807, 2.05) is 0 Å². The van der Waals surface area contributed by atoms with Gasteiger partial charge in [-0.1, -0.05) is 12.8 Å². The zero-order valence-corrected chi connectivity index (χ0v) is 6.90. The second kappa shape index (κ2) is 2.72. The molecule has 2 aliphatic rings. The van der Waals surface area contributed by atoms with Gasteiger partial charge in [-0.05, 0) is 12.8 Å². The van der Waals surface area contributed by atoms with Gasteiger partial charge in [0.1, 0.15) is 5.50 Å². The summed E-state index contributed by atoms with van der Waals surface area (Å²) in [4.78, 5) is 0. The summed E-state index contributed by atoms with van der Waals surface area (Å²) in [6.45, 7) is 0. The van der Waals surface area contributed by atoms with E-state index in [1.54, 1.807) is 0 Å². The second-order valence-corrected chi connectivity index (χ2v) is 3.75. The van der Waals surface area contributed by atoms with E-state index in [2.05, 4.69) is 23.3 Å². The summed E-state index contributed by atoms with van der Waals surface area (Å²) in [6.07, 6.45) is 5.43. The Kier molecular flexibility index (Phi) is 1.89. The van der Waals surface area contributed by atoms with Crippen LogP contribution in [0.25, 0.3) is 0 Å². The van der Waals surface area contributed by atoms with E-state index in [0.29, 0.717) is 12.1 Å². The molecule has 1 saturated heterocycles. The van der Waals surface area contributed by atoms with Gasteiger partial charge in [0.05, 0.1) is 0 Å². The zero-order chi connectivity index (χ0) is 6.97. The molecule has 2 rings (SSSR count). The SMILES string of the molecule is SC1NC2CCCCC2N1. The van der Waals surface area contributed by atoms with Gasteiger partial charge in [-0.2, -0.15) is 0 Å². The Morgan fingerprint density at radius 2 is 1.50 bits per heavy atom. The molecule has 1 heterocycles. The molecule has 0 aromatic carbocycles. The highest BCUT2D eigenvalue weighted by Crippen LogP contribution is 2.23. The first-order chi connectivity index (χ1) is 4.86. The fraction of sp³-hybridized carbons (Fsp3) is 1.00. The molecular weight excluding hydrogens is 144 g/mol. The summed E-state index contributed by atoms with van der Waals surface area (Å²) in [5, 5.41) is 6.82. The Balaban J connectivity index is 1.97. The van der Waals surface area contributed by atoms with Crippen LogP contribution in [-0.4, -0.2) is 17.6 Å². The van der Waals surface area contributed by atoms with E-state index in [4.69, 9.17) is 0 Å². The van der Waals surface area contributed by atoms with Crippen LogP contribution in [0.4, 0.5) is 0 Å². The minimum Gasteiger partial charge on any atom is -0.289 e. The highest BCUT2D eigenvalue weighted by Gasteiger charge is 2.32. The third-order valence-electron chi connectivity index (χ3n) is 2.51. The van der Waals surface area contributed by atoms with Crippen molar-refractivity contribution in [3.63, 3.8) is 0 Å². The number of fused-ring (bicyclic) bond motifs is 1. The Hall–Kier alpha value is 0.270. The smallest absolute Gasteiger partial charge is 0.103 e. The first-order valence-electron chi connectivity index (χ1n) is 4.06. The highest BCUT2D eigenvalue weighted by molar-refractivity contribution is 7.80. The van der Waals surface area contributed by atoms with E-state index in [0.717, 1.165) is 0 Å². The van der Waals surface area contributed by atoms with Gasteiger partial charge in [-0.25, -0.2) is 0 Å². The molecule has 0 radical (unpaired) electrons. The summed E-state index contributed by atoms with van der Waals surface area (Å²) in [6, 6.07) is 1.41. The third kappa shape index (κ3) is 1.18. The van der Waals surface area contributed by atoms with Crippen molar-refractivity contribution >= 4 is 12.6 Å². The van der Waals surface area contributed by atoms with Crippen molar-refractivity contribution in [2.75, 3.05) is 0 Å². The van der Waals surface area contributed by atoms with E-state index >= 15 is 0 Å². The Labute approximate surface area is 67.2 Å². The number of hydrogen-bond acceptors (Lipinski definition) is 3. The number of nitrogens with one attached hydrogen (secondary N) is 2. The molecule has 2 atom stereocenters. The molecule has 3 heteroatoms. The molecule has 10 heavy (non-hydrogen) atoms. The molecule has 1 aliphatic carbocycles. The van der Waals surface area contributed by atoms with Gasteiger partial charge >= 0.3 is 0 Å². The van der Waals surface area contributed by atoms with Gasteiger partial charge in [-0.3, -0.25) is 10.6 Å². The average Bonchev–Trinajstić information content (AvgIpc) is 2.27. The third-order valence-corrected chi connectivity index (χ3v) is 2.81. The summed E-state index contributed by atoms with van der Waals surface area (Å²) < 4.78 is 0. The van der Waals surface area contributed by atoms with Crippen LogP contribution in [0.15, 0.2) is 0 Å². The zero-order valence-electron chi connectivity index (χ0n) is 6.01. The second-order valence-electron chi connectivity index (χ2n) is 3.23. The van der Waals surface area contributed by atoms with Crippen LogP contribution in [0.1, 0.15) is 25.7 Å². The predicted molar refractivity (Wildman–Crippen MR) is 45.1 cm³/mol. The van der Waals surface area contributed by atoms with E-state index in [9.17, 15) is 0 Å². The summed E-state index contributed by atoms with van der Waals surface area (Å²) in [5.74, 6) is 0. The topological polar surface area (TPSA) is 24.1 Å². The van der Waals surface area contributed by atoms with Gasteiger partial charge in [0, 0.05) is 12.1 Å². The van der Waals surface area contributed by atoms with Crippen LogP contribution in [-0.2, 0) is 0 Å². The van der Waals surface area contributed by atoms with Crippen LogP contribution >= 0.6 is 12.6 Å². The van der Waals surface area contributed by atoms with Crippen LogP contribution in [0.5, 0.6) is 0 Å². The maximum absolute atomic E-state index is 4.32. The van der Waals surface area contributed by atoms with Gasteiger partial charge in [-0.15, -0.1) is 12.6 Å². The lowest BCUT2D eigenvalue weighted by Gasteiger charge is -2.23. The lowest BCUT2D eigenvalue weighted by Crippen LogP contribution is -2.36. The van der Waals surface area contributed by atoms with Crippen molar-refractivity contribution in [3.8, 4) is 0 Å². The van der Waals surface area contributed by atoms with Crippen LogP contribution in [0.3, 0.4) is 0 Å². The molecule has 0 aromatic heterocycles. The normalized spacial score (nSPS) is 47.1. The Bertz CT molecular complexity index is 115. The maximum atomic E-state index is 4.32. The molecule has 0 bridgehead atoms. The molecule has 0 amide bonds. The molecule has 2 fully saturated rings. The van der Waals surface area contributed by atoms with Gasteiger partial charge < -0.3 is 0 Å². The molecule has 2 nitrogen and oxygen atoms in total. The molecular formula is C7H14N2S. The quantitative estimate of drug-likeness (QED) is 0.452. The van der Waals surface area contributed by atoms with Crippen molar-refractivity contribution in [2.45, 2.75) is 43.3 Å². The lowest BCUT2D eigenvalue weighted by molar-refractivity contribution is 0.374. The average molecular weight is 158 g/mol. The lowest BCUT2D eigenvalue weighted by atomic mass is 9.92. The molecule has 1 aliphatic heterocycles. The van der Waals surface area contributed by atoms with E-state index in [-0.39, 0.29) is 5.50 Å². The maximum Gasteiger partial charge on any atom is 0.103 e. The van der Waals surface area contributed by atoms with Crippen LogP contribution in [0.2, 0.25) is 0 Å². The van der Waals surface area contributed by atoms with E-state index in [1.165, 1.54) is 25.7 Å².